The molecule has 1 saturated carbocycles. The number of hydrogen-bond donors (Lipinski definition) is 1. The largest absolute Gasteiger partial charge is 0.374 e. The summed E-state index contributed by atoms with van der Waals surface area (Å²) < 4.78 is 6.11. The van der Waals surface area contributed by atoms with E-state index in [4.69, 9.17) is 10.5 Å². The molecule has 0 saturated heterocycles. The molecule has 1 fully saturated rings. The van der Waals surface area contributed by atoms with Crippen LogP contribution in [-0.4, -0.2) is 18.2 Å². The lowest BCUT2D eigenvalue weighted by molar-refractivity contribution is -0.0946. The summed E-state index contributed by atoms with van der Waals surface area (Å²) in [6.45, 7) is 9.76. The summed E-state index contributed by atoms with van der Waals surface area (Å²) in [6.07, 6.45) is 7.24. The number of nitrogens with two attached hydrogens (primary N) is 1. The van der Waals surface area contributed by atoms with Crippen LogP contribution in [0.3, 0.4) is 0 Å². The van der Waals surface area contributed by atoms with E-state index in [9.17, 15) is 0 Å². The summed E-state index contributed by atoms with van der Waals surface area (Å²) in [5, 5.41) is 0. The molecule has 1 rings (SSSR count). The number of rotatable bonds is 6. The molecule has 2 nitrogen and oxygen atoms in total. The summed E-state index contributed by atoms with van der Waals surface area (Å²) in [6, 6.07) is 0.215. The lowest BCUT2D eigenvalue weighted by Crippen LogP contribution is -2.52. The zero-order valence-electron chi connectivity index (χ0n) is 12.2. The zero-order chi connectivity index (χ0) is 12.9. The fourth-order valence-corrected chi connectivity index (χ4v) is 3.18. The quantitative estimate of drug-likeness (QED) is 0.769. The van der Waals surface area contributed by atoms with Crippen LogP contribution in [0.15, 0.2) is 0 Å². The van der Waals surface area contributed by atoms with Crippen LogP contribution in [0, 0.1) is 11.8 Å². The standard InChI is InChI=1S/C15H31NO/c1-5-17-15(10-6-7-13(4)11-15)14(16)9-8-12(2)3/h12-14H,5-11,16H2,1-4H3. The van der Waals surface area contributed by atoms with Crippen LogP contribution in [-0.2, 0) is 4.74 Å². The monoisotopic (exact) mass is 241 g/mol. The predicted molar refractivity (Wildman–Crippen MR) is 74.0 cm³/mol. The molecule has 0 bridgehead atoms. The van der Waals surface area contributed by atoms with Crippen molar-refractivity contribution in [2.45, 2.75) is 77.9 Å². The van der Waals surface area contributed by atoms with E-state index in [-0.39, 0.29) is 11.6 Å². The Bertz CT molecular complexity index is 213. The maximum Gasteiger partial charge on any atom is 0.0835 e. The van der Waals surface area contributed by atoms with Gasteiger partial charge in [-0.1, -0.05) is 33.6 Å². The van der Waals surface area contributed by atoms with Gasteiger partial charge in [-0.2, -0.15) is 0 Å². The van der Waals surface area contributed by atoms with Gasteiger partial charge in [-0.3, -0.25) is 0 Å². The first-order valence-corrected chi connectivity index (χ1v) is 7.39. The van der Waals surface area contributed by atoms with Gasteiger partial charge in [0.25, 0.3) is 0 Å². The second-order valence-electron chi connectivity index (χ2n) is 6.28. The van der Waals surface area contributed by atoms with E-state index in [1.165, 1.54) is 19.3 Å². The highest BCUT2D eigenvalue weighted by molar-refractivity contribution is 4.95. The van der Waals surface area contributed by atoms with Crippen LogP contribution < -0.4 is 5.73 Å². The SMILES string of the molecule is CCOC1(C(N)CCC(C)C)CCCC(C)C1. The van der Waals surface area contributed by atoms with Crippen molar-refractivity contribution < 1.29 is 4.74 Å². The van der Waals surface area contributed by atoms with Crippen LogP contribution >= 0.6 is 0 Å². The topological polar surface area (TPSA) is 35.2 Å². The molecular weight excluding hydrogens is 210 g/mol. The maximum absolute atomic E-state index is 6.46. The molecule has 0 radical (unpaired) electrons. The van der Waals surface area contributed by atoms with E-state index in [1.807, 2.05) is 0 Å². The lowest BCUT2D eigenvalue weighted by Gasteiger charge is -2.44. The van der Waals surface area contributed by atoms with Gasteiger partial charge < -0.3 is 10.5 Å². The van der Waals surface area contributed by atoms with Crippen molar-refractivity contribution in [3.05, 3.63) is 0 Å². The Balaban J connectivity index is 2.61. The van der Waals surface area contributed by atoms with Crippen molar-refractivity contribution in [3.8, 4) is 0 Å². The molecule has 1 aliphatic carbocycles. The van der Waals surface area contributed by atoms with Crippen molar-refractivity contribution in [3.63, 3.8) is 0 Å². The van der Waals surface area contributed by atoms with E-state index in [2.05, 4.69) is 27.7 Å². The van der Waals surface area contributed by atoms with Gasteiger partial charge in [-0.25, -0.2) is 0 Å². The summed E-state index contributed by atoms with van der Waals surface area (Å²) in [4.78, 5) is 0. The van der Waals surface area contributed by atoms with Crippen LogP contribution in [0.2, 0.25) is 0 Å². The normalized spacial score (nSPS) is 31.8. The Labute approximate surface area is 107 Å². The van der Waals surface area contributed by atoms with Crippen LogP contribution in [0.1, 0.15) is 66.2 Å². The van der Waals surface area contributed by atoms with E-state index >= 15 is 0 Å². The first-order valence-electron chi connectivity index (χ1n) is 7.39. The molecule has 2 N–H and O–H groups in total. The molecule has 3 unspecified atom stereocenters. The number of hydrogen-bond acceptors (Lipinski definition) is 2. The molecule has 17 heavy (non-hydrogen) atoms. The second-order valence-corrected chi connectivity index (χ2v) is 6.28. The molecule has 0 aromatic heterocycles. The third-order valence-electron chi connectivity index (χ3n) is 4.15. The third-order valence-corrected chi connectivity index (χ3v) is 4.15. The molecule has 0 heterocycles. The highest BCUT2D eigenvalue weighted by Crippen LogP contribution is 2.38. The fraction of sp³-hybridized carbons (Fsp3) is 1.00. The van der Waals surface area contributed by atoms with E-state index < -0.39 is 0 Å². The van der Waals surface area contributed by atoms with E-state index in [0.29, 0.717) is 0 Å². The minimum absolute atomic E-state index is 0.0265. The minimum Gasteiger partial charge on any atom is -0.374 e. The molecule has 0 amide bonds. The molecule has 0 aromatic carbocycles. The van der Waals surface area contributed by atoms with Crippen LogP contribution in [0.4, 0.5) is 0 Å². The van der Waals surface area contributed by atoms with Crippen LogP contribution in [0.25, 0.3) is 0 Å². The third kappa shape index (κ3) is 4.26. The second kappa shape index (κ2) is 6.75. The van der Waals surface area contributed by atoms with Gasteiger partial charge in [0, 0.05) is 12.6 Å². The molecule has 1 aliphatic rings. The minimum atomic E-state index is -0.0265. The highest BCUT2D eigenvalue weighted by atomic mass is 16.5. The first-order chi connectivity index (χ1) is 8.00. The predicted octanol–water partition coefficient (Wildman–Crippen LogP) is 3.74. The number of ether oxygens (including phenoxy) is 1. The van der Waals surface area contributed by atoms with Gasteiger partial charge in [0.1, 0.15) is 0 Å². The average Bonchev–Trinajstić information content (AvgIpc) is 2.26. The smallest absolute Gasteiger partial charge is 0.0835 e. The maximum atomic E-state index is 6.46. The molecule has 0 spiro atoms. The summed E-state index contributed by atoms with van der Waals surface area (Å²) in [5.41, 5.74) is 6.43. The zero-order valence-corrected chi connectivity index (χ0v) is 12.2. The Morgan fingerprint density at radius 1 is 1.35 bits per heavy atom. The Morgan fingerprint density at radius 2 is 2.06 bits per heavy atom. The van der Waals surface area contributed by atoms with Gasteiger partial charge in [-0.05, 0) is 44.4 Å². The Kier molecular flexibility index (Phi) is 5.94. The van der Waals surface area contributed by atoms with Gasteiger partial charge in [0.2, 0.25) is 0 Å². The van der Waals surface area contributed by atoms with Gasteiger partial charge >= 0.3 is 0 Å². The van der Waals surface area contributed by atoms with Gasteiger partial charge in [0.15, 0.2) is 0 Å². The van der Waals surface area contributed by atoms with Gasteiger partial charge in [0.05, 0.1) is 5.60 Å². The van der Waals surface area contributed by atoms with Crippen molar-refractivity contribution in [1.29, 1.82) is 0 Å². The van der Waals surface area contributed by atoms with Crippen molar-refractivity contribution in [2.75, 3.05) is 6.61 Å². The van der Waals surface area contributed by atoms with E-state index in [1.54, 1.807) is 0 Å². The summed E-state index contributed by atoms with van der Waals surface area (Å²) in [7, 11) is 0. The molecule has 102 valence electrons. The Hall–Kier alpha value is -0.0800. The van der Waals surface area contributed by atoms with E-state index in [0.717, 1.165) is 37.7 Å². The van der Waals surface area contributed by atoms with Crippen LogP contribution in [0.5, 0.6) is 0 Å². The van der Waals surface area contributed by atoms with Crippen molar-refractivity contribution in [1.82, 2.24) is 0 Å². The first kappa shape index (κ1) is 15.0. The fourth-order valence-electron chi connectivity index (χ4n) is 3.18. The molecule has 3 atom stereocenters. The highest BCUT2D eigenvalue weighted by Gasteiger charge is 2.40. The van der Waals surface area contributed by atoms with Gasteiger partial charge in [-0.15, -0.1) is 0 Å². The molecule has 0 aromatic rings. The molecule has 2 heteroatoms. The molecular formula is C15H31NO. The summed E-state index contributed by atoms with van der Waals surface area (Å²) in [5.74, 6) is 1.50. The average molecular weight is 241 g/mol. The van der Waals surface area contributed by atoms with Crippen molar-refractivity contribution in [2.24, 2.45) is 17.6 Å². The summed E-state index contributed by atoms with van der Waals surface area (Å²) >= 11 is 0. The molecule has 0 aliphatic heterocycles. The van der Waals surface area contributed by atoms with Crippen molar-refractivity contribution >= 4 is 0 Å². The lowest BCUT2D eigenvalue weighted by atomic mass is 9.73. The Morgan fingerprint density at radius 3 is 2.59 bits per heavy atom.